The summed E-state index contributed by atoms with van der Waals surface area (Å²) in [5.74, 6) is 0. The fraction of sp³-hybridized carbons (Fsp3) is 1.00. The Balaban J connectivity index is -0.000000486. The van der Waals surface area contributed by atoms with Crippen LogP contribution in [0.2, 0.25) is 0 Å². The van der Waals surface area contributed by atoms with Crippen molar-refractivity contribution in [2.24, 2.45) is 0 Å². The summed E-state index contributed by atoms with van der Waals surface area (Å²) in [5, 5.41) is 0. The first kappa shape index (κ1) is 67.4. The molecule has 0 N–H and O–H groups in total. The van der Waals surface area contributed by atoms with Crippen LogP contribution in [0.25, 0.3) is 0 Å². The van der Waals surface area contributed by atoms with E-state index in [0.29, 0.717) is 12.8 Å². The summed E-state index contributed by atoms with van der Waals surface area (Å²) in [5.41, 5.74) is 0. The van der Waals surface area contributed by atoms with Crippen LogP contribution in [0, 0.1) is 0 Å². The molecular weight excluding hydrogens is 813 g/mol. The second kappa shape index (κ2) is 52.4. The van der Waals surface area contributed by atoms with Crippen LogP contribution in [0.5, 0.6) is 0 Å². The standard InChI is InChI=1S/2C22H47O5P.K.Na/c2*1-4-6-7-8-9-10-11-12-13-14-15-16-17-18-19-20-21-25-27-28(23,24)26-22(3)5-2;;/h2*22H,4-21H2,1-3H3,(H,23,24);;/q;;2*+1/p-2. The maximum absolute atomic E-state index is 11.4. The molecule has 0 aromatic heterocycles. The van der Waals surface area contributed by atoms with E-state index in [1.54, 1.807) is 13.8 Å². The molecule has 0 heterocycles. The van der Waals surface area contributed by atoms with Gasteiger partial charge in [0.05, 0.1) is 25.4 Å². The van der Waals surface area contributed by atoms with Crippen molar-refractivity contribution in [1.29, 1.82) is 0 Å². The van der Waals surface area contributed by atoms with Crippen molar-refractivity contribution >= 4 is 15.6 Å². The Kier molecular flexibility index (Phi) is 60.9. The molecule has 10 nitrogen and oxygen atoms in total. The van der Waals surface area contributed by atoms with Crippen molar-refractivity contribution in [2.75, 3.05) is 13.2 Å². The van der Waals surface area contributed by atoms with Crippen molar-refractivity contribution in [1.82, 2.24) is 0 Å². The predicted octanol–water partition coefficient (Wildman–Crippen LogP) is 8.97. The van der Waals surface area contributed by atoms with Gasteiger partial charge in [-0.1, -0.05) is 220 Å². The molecule has 0 spiro atoms. The molecule has 0 aromatic rings. The molecule has 0 aliphatic rings. The van der Waals surface area contributed by atoms with Gasteiger partial charge in [-0.3, -0.25) is 9.13 Å². The smallest absolute Gasteiger partial charge is 0.754 e. The third-order valence-electron chi connectivity index (χ3n) is 10.2. The third kappa shape index (κ3) is 56.8. The monoisotopic (exact) mass is 905 g/mol. The van der Waals surface area contributed by atoms with Gasteiger partial charge in [0.15, 0.2) is 0 Å². The van der Waals surface area contributed by atoms with Crippen LogP contribution in [-0.2, 0) is 37.3 Å². The maximum Gasteiger partial charge on any atom is 1.00 e. The zero-order chi connectivity index (χ0) is 41.9. The average molecular weight is 905 g/mol. The maximum atomic E-state index is 11.4. The third-order valence-corrected chi connectivity index (χ3v) is 12.0. The molecule has 0 aromatic carbocycles. The van der Waals surface area contributed by atoms with E-state index < -0.39 is 15.6 Å². The Morgan fingerprint density at radius 1 is 0.379 bits per heavy atom. The summed E-state index contributed by atoms with van der Waals surface area (Å²) in [6, 6.07) is 0. The molecule has 340 valence electrons. The number of hydrogen-bond acceptors (Lipinski definition) is 10. The molecule has 0 saturated heterocycles. The zero-order valence-electron chi connectivity index (χ0n) is 39.6. The van der Waals surface area contributed by atoms with Gasteiger partial charge in [-0.25, -0.2) is 9.78 Å². The fourth-order valence-corrected chi connectivity index (χ4v) is 7.90. The summed E-state index contributed by atoms with van der Waals surface area (Å²) in [6.45, 7) is 12.2. The van der Waals surface area contributed by atoms with Gasteiger partial charge in [-0.2, -0.15) is 9.35 Å². The Bertz CT molecular complexity index is 812. The molecular formula is C44H92KNaO10P2. The second-order valence-electron chi connectivity index (χ2n) is 15.9. The van der Waals surface area contributed by atoms with Gasteiger partial charge in [0.25, 0.3) is 15.6 Å². The van der Waals surface area contributed by atoms with Gasteiger partial charge in [-0.15, -0.1) is 0 Å². The topological polar surface area (TPSA) is 136 Å². The molecule has 58 heavy (non-hydrogen) atoms. The van der Waals surface area contributed by atoms with Gasteiger partial charge >= 0.3 is 80.9 Å². The molecule has 0 radical (unpaired) electrons. The van der Waals surface area contributed by atoms with E-state index in [0.717, 1.165) is 25.7 Å². The van der Waals surface area contributed by atoms with Gasteiger partial charge < -0.3 is 18.8 Å². The number of hydrogen-bond donors (Lipinski definition) is 0. The molecule has 0 fully saturated rings. The minimum absolute atomic E-state index is 0. The first-order chi connectivity index (χ1) is 27.0. The molecule has 0 saturated carbocycles. The number of unbranched alkanes of at least 4 members (excludes halogenated alkanes) is 30. The van der Waals surface area contributed by atoms with Gasteiger partial charge in [0.1, 0.15) is 0 Å². The largest absolute Gasteiger partial charge is 1.00 e. The van der Waals surface area contributed by atoms with Gasteiger partial charge in [0, 0.05) is 0 Å². The van der Waals surface area contributed by atoms with Crippen LogP contribution in [-0.4, -0.2) is 25.4 Å². The minimum atomic E-state index is -4.33. The number of phosphoric ester groups is 2. The normalized spacial score (nSPS) is 14.3. The molecule has 4 unspecified atom stereocenters. The number of phosphoric acid groups is 2. The van der Waals surface area contributed by atoms with Crippen molar-refractivity contribution < 1.29 is 128 Å². The van der Waals surface area contributed by atoms with Crippen molar-refractivity contribution in [3.63, 3.8) is 0 Å². The van der Waals surface area contributed by atoms with Crippen LogP contribution < -0.4 is 90.7 Å². The van der Waals surface area contributed by atoms with Crippen molar-refractivity contribution in [2.45, 2.75) is 272 Å². The Hall–Kier alpha value is 2.78. The SMILES string of the molecule is CCCCCCCCCCCCCCCCCCOOP(=O)([O-])OC(C)CC.CCCCCCCCCCCCCCCCCCOOP(=O)([O-])OC(C)CC.[K+].[Na+]. The van der Waals surface area contributed by atoms with Gasteiger partial charge in [-0.05, 0) is 39.5 Å². The Labute approximate surface area is 424 Å². The van der Waals surface area contributed by atoms with E-state index in [1.807, 2.05) is 13.8 Å². The average Bonchev–Trinajstić information content (AvgIpc) is 3.16. The van der Waals surface area contributed by atoms with E-state index in [1.165, 1.54) is 180 Å². The van der Waals surface area contributed by atoms with Crippen LogP contribution in [0.1, 0.15) is 260 Å². The molecule has 0 aliphatic carbocycles. The van der Waals surface area contributed by atoms with Crippen LogP contribution in [0.4, 0.5) is 0 Å². The predicted molar refractivity (Wildman–Crippen MR) is 230 cm³/mol. The minimum Gasteiger partial charge on any atom is -0.754 e. The fourth-order valence-electron chi connectivity index (χ4n) is 6.25. The Morgan fingerprint density at radius 3 is 0.759 bits per heavy atom. The first-order valence-corrected chi connectivity index (χ1v) is 26.6. The first-order valence-electron chi connectivity index (χ1n) is 23.6. The van der Waals surface area contributed by atoms with Crippen molar-refractivity contribution in [3.8, 4) is 0 Å². The molecule has 0 rings (SSSR count). The summed E-state index contributed by atoms with van der Waals surface area (Å²) in [7, 11) is -8.66. The summed E-state index contributed by atoms with van der Waals surface area (Å²) in [4.78, 5) is 32.4. The molecule has 14 heteroatoms. The van der Waals surface area contributed by atoms with E-state index in [4.69, 9.17) is 18.8 Å². The van der Waals surface area contributed by atoms with Crippen LogP contribution in [0.3, 0.4) is 0 Å². The van der Waals surface area contributed by atoms with Gasteiger partial charge in [0.2, 0.25) is 0 Å². The summed E-state index contributed by atoms with van der Waals surface area (Å²) >= 11 is 0. The van der Waals surface area contributed by atoms with E-state index in [2.05, 4.69) is 23.2 Å². The molecule has 0 amide bonds. The second-order valence-corrected chi connectivity index (χ2v) is 18.5. The van der Waals surface area contributed by atoms with Crippen LogP contribution >= 0.6 is 15.6 Å². The zero-order valence-corrected chi connectivity index (χ0v) is 46.5. The summed E-state index contributed by atoms with van der Waals surface area (Å²) in [6.07, 6.45) is 42.2. The van der Waals surface area contributed by atoms with Crippen molar-refractivity contribution in [3.05, 3.63) is 0 Å². The Morgan fingerprint density at radius 2 is 0.569 bits per heavy atom. The van der Waals surface area contributed by atoms with E-state index in [9.17, 15) is 18.9 Å². The number of rotatable bonds is 44. The molecule has 4 atom stereocenters. The van der Waals surface area contributed by atoms with Crippen LogP contribution in [0.15, 0.2) is 0 Å². The van der Waals surface area contributed by atoms with E-state index >= 15 is 0 Å². The quantitative estimate of drug-likeness (QED) is 0.0192. The summed E-state index contributed by atoms with van der Waals surface area (Å²) < 4.78 is 41.2. The molecule has 0 aliphatic heterocycles. The van der Waals surface area contributed by atoms with E-state index in [-0.39, 0.29) is 106 Å². The molecule has 0 bridgehead atoms.